The Kier molecular flexibility index (Phi) is 3.57. The Labute approximate surface area is 139 Å². The lowest BCUT2D eigenvalue weighted by molar-refractivity contribution is -0.0377. The van der Waals surface area contributed by atoms with Crippen molar-refractivity contribution in [2.75, 3.05) is 0 Å². The van der Waals surface area contributed by atoms with Crippen molar-refractivity contribution < 1.29 is 10.2 Å². The molecule has 2 N–H and O–H groups in total. The molecule has 23 heavy (non-hydrogen) atoms. The molecule has 2 nitrogen and oxygen atoms in total. The Morgan fingerprint density at radius 1 is 1.30 bits per heavy atom. The molecule has 0 heterocycles. The fraction of sp³-hybridized carbons (Fsp3) is 0.619. The standard InChI is InChI=1S/C21H28O2/c1-3-4-13-11-14-12-15(22)5-6-16(14)17-9-10-21(2)18(20(13)17)7-8-19(21)23/h3,5-6,12-13,17-20,22-23H,1,4,7-11H2,2H3/t13-,17-,18+,19+,20-,21+/m1/s1. The Balaban J connectivity index is 1.77. The Morgan fingerprint density at radius 3 is 2.91 bits per heavy atom. The molecule has 124 valence electrons. The number of phenolic OH excluding ortho intramolecular Hbond substituents is 1. The first kappa shape index (κ1) is 15.3. The fourth-order valence-electron chi connectivity index (χ4n) is 6.19. The van der Waals surface area contributed by atoms with E-state index >= 15 is 0 Å². The van der Waals surface area contributed by atoms with E-state index in [9.17, 15) is 10.2 Å². The molecular weight excluding hydrogens is 284 g/mol. The van der Waals surface area contributed by atoms with E-state index in [1.807, 2.05) is 12.1 Å². The lowest BCUT2D eigenvalue weighted by Crippen LogP contribution is -2.47. The van der Waals surface area contributed by atoms with E-state index in [1.165, 1.54) is 24.0 Å². The third kappa shape index (κ3) is 2.18. The van der Waals surface area contributed by atoms with Crippen LogP contribution in [0.25, 0.3) is 0 Å². The van der Waals surface area contributed by atoms with Crippen LogP contribution < -0.4 is 0 Å². The van der Waals surface area contributed by atoms with Gasteiger partial charge in [0.2, 0.25) is 0 Å². The summed E-state index contributed by atoms with van der Waals surface area (Å²) < 4.78 is 0. The normalized spacial score (nSPS) is 41.7. The second kappa shape index (κ2) is 5.37. The highest BCUT2D eigenvalue weighted by atomic mass is 16.3. The SMILES string of the molecule is C=CC[C@@H]1Cc2cc(O)ccc2[C@H]2CC[C@]3(C)[C@@H](O)CC[C@H]3[C@H]12. The maximum atomic E-state index is 10.6. The smallest absolute Gasteiger partial charge is 0.115 e. The molecule has 0 unspecified atom stereocenters. The van der Waals surface area contributed by atoms with E-state index in [0.717, 1.165) is 25.7 Å². The monoisotopic (exact) mass is 312 g/mol. The van der Waals surface area contributed by atoms with Gasteiger partial charge in [0, 0.05) is 0 Å². The van der Waals surface area contributed by atoms with E-state index in [2.05, 4.69) is 25.6 Å². The summed E-state index contributed by atoms with van der Waals surface area (Å²) in [6.45, 7) is 6.31. The van der Waals surface area contributed by atoms with E-state index in [1.54, 1.807) is 0 Å². The molecule has 0 aromatic heterocycles. The van der Waals surface area contributed by atoms with Gasteiger partial charge < -0.3 is 10.2 Å². The van der Waals surface area contributed by atoms with Crippen LogP contribution in [0.2, 0.25) is 0 Å². The van der Waals surface area contributed by atoms with Crippen LogP contribution in [-0.4, -0.2) is 16.3 Å². The lowest BCUT2D eigenvalue weighted by Gasteiger charge is -2.53. The third-order valence-corrected chi connectivity index (χ3v) is 7.30. The van der Waals surface area contributed by atoms with Crippen molar-refractivity contribution in [3.8, 4) is 5.75 Å². The zero-order valence-electron chi connectivity index (χ0n) is 14.0. The second-order valence-corrected chi connectivity index (χ2v) is 8.30. The Hall–Kier alpha value is -1.28. The Bertz CT molecular complexity index is 622. The highest BCUT2D eigenvalue weighted by molar-refractivity contribution is 5.40. The largest absolute Gasteiger partial charge is 0.508 e. The molecule has 1 aromatic rings. The number of aromatic hydroxyl groups is 1. The predicted molar refractivity (Wildman–Crippen MR) is 92.4 cm³/mol. The van der Waals surface area contributed by atoms with Gasteiger partial charge in [-0.15, -0.1) is 6.58 Å². The van der Waals surface area contributed by atoms with Crippen LogP contribution >= 0.6 is 0 Å². The molecule has 0 spiro atoms. The molecule has 4 rings (SSSR count). The van der Waals surface area contributed by atoms with Crippen molar-refractivity contribution in [3.05, 3.63) is 42.0 Å². The summed E-state index contributed by atoms with van der Waals surface area (Å²) in [4.78, 5) is 0. The van der Waals surface area contributed by atoms with Gasteiger partial charge in [0.1, 0.15) is 5.75 Å². The van der Waals surface area contributed by atoms with Crippen molar-refractivity contribution in [1.82, 2.24) is 0 Å². The minimum Gasteiger partial charge on any atom is -0.508 e. The summed E-state index contributed by atoms with van der Waals surface area (Å²) in [5.74, 6) is 2.86. The van der Waals surface area contributed by atoms with Gasteiger partial charge in [-0.2, -0.15) is 0 Å². The highest BCUT2D eigenvalue weighted by Gasteiger charge is 2.56. The van der Waals surface area contributed by atoms with Gasteiger partial charge in [-0.05, 0) is 90.9 Å². The van der Waals surface area contributed by atoms with E-state index < -0.39 is 0 Å². The number of hydrogen-bond donors (Lipinski definition) is 2. The molecule has 0 radical (unpaired) electrons. The van der Waals surface area contributed by atoms with Gasteiger partial charge in [-0.1, -0.05) is 19.1 Å². The van der Waals surface area contributed by atoms with Gasteiger partial charge in [0.25, 0.3) is 0 Å². The number of aliphatic hydroxyl groups excluding tert-OH is 1. The van der Waals surface area contributed by atoms with Gasteiger partial charge in [0.15, 0.2) is 0 Å². The van der Waals surface area contributed by atoms with Gasteiger partial charge in [-0.25, -0.2) is 0 Å². The number of fused-ring (bicyclic) bond motifs is 5. The predicted octanol–water partition coefficient (Wildman–Crippen LogP) is 4.41. The number of benzene rings is 1. The fourth-order valence-corrected chi connectivity index (χ4v) is 6.19. The van der Waals surface area contributed by atoms with Gasteiger partial charge in [-0.3, -0.25) is 0 Å². The molecular formula is C21H28O2. The summed E-state index contributed by atoms with van der Waals surface area (Å²) in [5.41, 5.74) is 2.89. The van der Waals surface area contributed by atoms with Crippen molar-refractivity contribution in [2.24, 2.45) is 23.2 Å². The maximum Gasteiger partial charge on any atom is 0.115 e. The molecule has 2 saturated carbocycles. The molecule has 3 aliphatic rings. The van der Waals surface area contributed by atoms with Crippen LogP contribution in [-0.2, 0) is 6.42 Å². The molecule has 2 fully saturated rings. The number of phenols is 1. The first-order valence-corrected chi connectivity index (χ1v) is 9.15. The number of allylic oxidation sites excluding steroid dienone is 1. The topological polar surface area (TPSA) is 40.5 Å². The molecule has 0 bridgehead atoms. The number of rotatable bonds is 2. The zero-order chi connectivity index (χ0) is 16.2. The summed E-state index contributed by atoms with van der Waals surface area (Å²) in [7, 11) is 0. The van der Waals surface area contributed by atoms with Gasteiger partial charge >= 0.3 is 0 Å². The Morgan fingerprint density at radius 2 is 2.13 bits per heavy atom. The molecule has 2 heteroatoms. The van der Waals surface area contributed by atoms with E-state index in [0.29, 0.717) is 29.4 Å². The first-order chi connectivity index (χ1) is 11.0. The lowest BCUT2D eigenvalue weighted by atomic mass is 9.52. The average Bonchev–Trinajstić information content (AvgIpc) is 2.83. The first-order valence-electron chi connectivity index (χ1n) is 9.15. The van der Waals surface area contributed by atoms with Crippen LogP contribution in [0.1, 0.15) is 56.1 Å². The second-order valence-electron chi connectivity index (χ2n) is 8.30. The van der Waals surface area contributed by atoms with Crippen molar-refractivity contribution >= 4 is 0 Å². The summed E-state index contributed by atoms with van der Waals surface area (Å²) in [6, 6.07) is 5.97. The van der Waals surface area contributed by atoms with E-state index in [-0.39, 0.29) is 11.5 Å². The average molecular weight is 312 g/mol. The quantitative estimate of drug-likeness (QED) is 0.794. The summed E-state index contributed by atoms with van der Waals surface area (Å²) in [6.07, 6.45) is 8.44. The van der Waals surface area contributed by atoms with Gasteiger partial charge in [0.05, 0.1) is 6.10 Å². The summed E-state index contributed by atoms with van der Waals surface area (Å²) >= 11 is 0. The molecule has 3 aliphatic carbocycles. The van der Waals surface area contributed by atoms with Crippen LogP contribution in [0.3, 0.4) is 0 Å². The van der Waals surface area contributed by atoms with Crippen LogP contribution in [0.15, 0.2) is 30.9 Å². The van der Waals surface area contributed by atoms with Crippen molar-refractivity contribution in [2.45, 2.75) is 57.5 Å². The van der Waals surface area contributed by atoms with Crippen molar-refractivity contribution in [3.63, 3.8) is 0 Å². The van der Waals surface area contributed by atoms with Crippen LogP contribution in [0, 0.1) is 23.2 Å². The summed E-state index contributed by atoms with van der Waals surface area (Å²) in [5, 5.41) is 20.4. The molecule has 1 aromatic carbocycles. The maximum absolute atomic E-state index is 10.6. The minimum atomic E-state index is -0.126. The molecule has 6 atom stereocenters. The highest BCUT2D eigenvalue weighted by Crippen LogP contribution is 2.62. The number of aliphatic hydroxyl groups is 1. The third-order valence-electron chi connectivity index (χ3n) is 7.30. The minimum absolute atomic E-state index is 0.106. The molecule has 0 amide bonds. The van der Waals surface area contributed by atoms with Crippen molar-refractivity contribution in [1.29, 1.82) is 0 Å². The van der Waals surface area contributed by atoms with E-state index in [4.69, 9.17) is 0 Å². The van der Waals surface area contributed by atoms with Crippen LogP contribution in [0.5, 0.6) is 5.75 Å². The zero-order valence-corrected chi connectivity index (χ0v) is 14.0. The molecule has 0 aliphatic heterocycles. The van der Waals surface area contributed by atoms with Crippen LogP contribution in [0.4, 0.5) is 0 Å². The molecule has 0 saturated heterocycles. The number of hydrogen-bond acceptors (Lipinski definition) is 2.